The second-order valence-electron chi connectivity index (χ2n) is 7.57. The van der Waals surface area contributed by atoms with Crippen LogP contribution in [0.5, 0.6) is 0 Å². The molecule has 1 saturated heterocycles. The Morgan fingerprint density at radius 1 is 1.06 bits per heavy atom. The molecular weight excluding hydrogens is 510 g/mol. The molecule has 2 N–H and O–H groups in total. The highest BCUT2D eigenvalue weighted by Crippen LogP contribution is 2.15. The van der Waals surface area contributed by atoms with E-state index in [9.17, 15) is 9.18 Å². The fourth-order valence-corrected chi connectivity index (χ4v) is 3.53. The molecular formula is C23H30FIN4O2. The maximum Gasteiger partial charge on any atom is 0.254 e. The Morgan fingerprint density at radius 2 is 1.68 bits per heavy atom. The number of nitrogens with zero attached hydrogens (tertiary/aromatic N) is 2. The SMILES string of the molecule is CN=C(NCc1ccc(C(=O)N2CC(C)OC(C)C2)cc1)NCc1cccc(F)c1.I. The van der Waals surface area contributed by atoms with E-state index in [1.807, 2.05) is 49.1 Å². The van der Waals surface area contributed by atoms with Crippen LogP contribution in [0.25, 0.3) is 0 Å². The van der Waals surface area contributed by atoms with Gasteiger partial charge < -0.3 is 20.3 Å². The standard InChI is InChI=1S/C23H29FN4O2.HI/c1-16-14-28(15-17(2)30-16)22(29)20-9-7-18(8-10-20)12-26-23(25-3)27-13-19-5-4-6-21(24)11-19;/h4-11,16-17H,12-15H2,1-3H3,(H2,25,26,27);1H. The summed E-state index contributed by atoms with van der Waals surface area (Å²) < 4.78 is 19.0. The van der Waals surface area contributed by atoms with E-state index in [0.29, 0.717) is 37.7 Å². The van der Waals surface area contributed by atoms with Crippen LogP contribution < -0.4 is 10.6 Å². The van der Waals surface area contributed by atoms with Gasteiger partial charge in [-0.2, -0.15) is 0 Å². The van der Waals surface area contributed by atoms with E-state index in [-0.39, 0.29) is 47.9 Å². The van der Waals surface area contributed by atoms with Gasteiger partial charge in [-0.3, -0.25) is 9.79 Å². The molecule has 3 rings (SSSR count). The molecule has 1 fully saturated rings. The summed E-state index contributed by atoms with van der Waals surface area (Å²) in [6.07, 6.45) is 0.0978. The molecule has 31 heavy (non-hydrogen) atoms. The Kier molecular flexibility index (Phi) is 9.70. The topological polar surface area (TPSA) is 66.0 Å². The molecule has 1 aliphatic rings. The quantitative estimate of drug-likeness (QED) is 0.346. The number of ether oxygens (including phenoxy) is 1. The predicted octanol–water partition coefficient (Wildman–Crippen LogP) is 3.56. The number of hydrogen-bond acceptors (Lipinski definition) is 3. The van der Waals surface area contributed by atoms with Crippen LogP contribution >= 0.6 is 24.0 Å². The van der Waals surface area contributed by atoms with Gasteiger partial charge in [0.25, 0.3) is 5.91 Å². The van der Waals surface area contributed by atoms with Gasteiger partial charge in [-0.05, 0) is 49.2 Å². The van der Waals surface area contributed by atoms with Crippen LogP contribution in [0.15, 0.2) is 53.5 Å². The molecule has 2 unspecified atom stereocenters. The molecule has 1 aliphatic heterocycles. The molecule has 0 aliphatic carbocycles. The first-order valence-corrected chi connectivity index (χ1v) is 10.2. The van der Waals surface area contributed by atoms with Gasteiger partial charge in [0.05, 0.1) is 12.2 Å². The highest BCUT2D eigenvalue weighted by atomic mass is 127. The average Bonchev–Trinajstić information content (AvgIpc) is 2.73. The summed E-state index contributed by atoms with van der Waals surface area (Å²) in [6.45, 7) is 6.23. The van der Waals surface area contributed by atoms with E-state index in [1.54, 1.807) is 13.1 Å². The smallest absolute Gasteiger partial charge is 0.254 e. The second-order valence-corrected chi connectivity index (χ2v) is 7.57. The van der Waals surface area contributed by atoms with Crippen molar-refractivity contribution in [2.24, 2.45) is 4.99 Å². The number of rotatable bonds is 5. The van der Waals surface area contributed by atoms with Gasteiger partial charge in [0.15, 0.2) is 5.96 Å². The molecule has 2 aromatic rings. The normalized spacial score (nSPS) is 18.8. The number of aliphatic imine (C=N–C) groups is 1. The molecule has 0 aromatic heterocycles. The molecule has 2 aromatic carbocycles. The Labute approximate surface area is 200 Å². The van der Waals surface area contributed by atoms with E-state index < -0.39 is 0 Å². The number of hydrogen-bond donors (Lipinski definition) is 2. The number of benzene rings is 2. The molecule has 0 saturated carbocycles. The van der Waals surface area contributed by atoms with Crippen molar-refractivity contribution in [3.05, 3.63) is 71.0 Å². The summed E-state index contributed by atoms with van der Waals surface area (Å²) in [6, 6.07) is 14.0. The lowest BCUT2D eigenvalue weighted by Crippen LogP contribution is -2.48. The number of morpholine rings is 1. The van der Waals surface area contributed by atoms with Crippen LogP contribution in [0.1, 0.15) is 35.3 Å². The lowest BCUT2D eigenvalue weighted by atomic mass is 10.1. The summed E-state index contributed by atoms with van der Waals surface area (Å²) in [5.74, 6) is 0.396. The molecule has 0 bridgehead atoms. The fraction of sp³-hybridized carbons (Fsp3) is 0.391. The van der Waals surface area contributed by atoms with Crippen LogP contribution in [-0.4, -0.2) is 49.1 Å². The van der Waals surface area contributed by atoms with Crippen LogP contribution in [0.2, 0.25) is 0 Å². The van der Waals surface area contributed by atoms with Crippen molar-refractivity contribution in [1.29, 1.82) is 0 Å². The van der Waals surface area contributed by atoms with Crippen LogP contribution in [0, 0.1) is 5.82 Å². The van der Waals surface area contributed by atoms with E-state index in [0.717, 1.165) is 11.1 Å². The Morgan fingerprint density at radius 3 is 2.26 bits per heavy atom. The van der Waals surface area contributed by atoms with Crippen molar-refractivity contribution in [2.45, 2.75) is 39.1 Å². The van der Waals surface area contributed by atoms with Crippen LogP contribution in [0.3, 0.4) is 0 Å². The first-order chi connectivity index (χ1) is 14.4. The van der Waals surface area contributed by atoms with Crippen molar-refractivity contribution >= 4 is 35.8 Å². The number of halogens is 2. The maximum absolute atomic E-state index is 13.3. The summed E-state index contributed by atoms with van der Waals surface area (Å²) in [7, 11) is 1.69. The van der Waals surface area contributed by atoms with E-state index >= 15 is 0 Å². The maximum atomic E-state index is 13.3. The first kappa shape index (κ1) is 25.1. The van der Waals surface area contributed by atoms with Crippen molar-refractivity contribution < 1.29 is 13.9 Å². The van der Waals surface area contributed by atoms with Gasteiger partial charge in [0.1, 0.15) is 5.82 Å². The average molecular weight is 540 g/mol. The van der Waals surface area contributed by atoms with Gasteiger partial charge in [-0.1, -0.05) is 24.3 Å². The van der Waals surface area contributed by atoms with Crippen molar-refractivity contribution in [1.82, 2.24) is 15.5 Å². The van der Waals surface area contributed by atoms with Crippen LogP contribution in [0.4, 0.5) is 4.39 Å². The van der Waals surface area contributed by atoms with Crippen molar-refractivity contribution in [3.63, 3.8) is 0 Å². The lowest BCUT2D eigenvalue weighted by Gasteiger charge is -2.35. The minimum atomic E-state index is -0.257. The van der Waals surface area contributed by atoms with Gasteiger partial charge in [-0.15, -0.1) is 24.0 Å². The van der Waals surface area contributed by atoms with Gasteiger partial charge in [-0.25, -0.2) is 4.39 Å². The molecule has 1 heterocycles. The number of guanidine groups is 1. The zero-order valence-electron chi connectivity index (χ0n) is 18.1. The molecule has 1 amide bonds. The second kappa shape index (κ2) is 12.0. The minimum Gasteiger partial charge on any atom is -0.372 e. The largest absolute Gasteiger partial charge is 0.372 e. The Balaban J connectivity index is 0.00000341. The lowest BCUT2D eigenvalue weighted by molar-refractivity contribution is -0.0586. The third-order valence-corrected chi connectivity index (χ3v) is 4.94. The molecule has 168 valence electrons. The summed E-state index contributed by atoms with van der Waals surface area (Å²) in [4.78, 5) is 18.8. The highest BCUT2D eigenvalue weighted by molar-refractivity contribution is 14.0. The van der Waals surface area contributed by atoms with E-state index in [1.165, 1.54) is 12.1 Å². The molecule has 6 nitrogen and oxygen atoms in total. The Hall–Kier alpha value is -2.20. The number of carbonyl (C=O) groups excluding carboxylic acids is 1. The molecule has 8 heteroatoms. The number of amides is 1. The summed E-state index contributed by atoms with van der Waals surface area (Å²) >= 11 is 0. The van der Waals surface area contributed by atoms with E-state index in [2.05, 4.69) is 15.6 Å². The first-order valence-electron chi connectivity index (χ1n) is 10.2. The molecule has 2 atom stereocenters. The third-order valence-electron chi connectivity index (χ3n) is 4.94. The summed E-state index contributed by atoms with van der Waals surface area (Å²) in [5.41, 5.74) is 2.55. The zero-order chi connectivity index (χ0) is 21.5. The Bertz CT molecular complexity index is 881. The monoisotopic (exact) mass is 540 g/mol. The van der Waals surface area contributed by atoms with Gasteiger partial charge in [0, 0.05) is 38.8 Å². The third kappa shape index (κ3) is 7.46. The van der Waals surface area contributed by atoms with Gasteiger partial charge in [0.2, 0.25) is 0 Å². The number of carbonyl (C=O) groups is 1. The highest BCUT2D eigenvalue weighted by Gasteiger charge is 2.26. The summed E-state index contributed by atoms with van der Waals surface area (Å²) in [5, 5.41) is 6.39. The van der Waals surface area contributed by atoms with Crippen molar-refractivity contribution in [2.75, 3.05) is 20.1 Å². The fourth-order valence-electron chi connectivity index (χ4n) is 3.53. The minimum absolute atomic E-state index is 0. The zero-order valence-corrected chi connectivity index (χ0v) is 20.4. The van der Waals surface area contributed by atoms with E-state index in [4.69, 9.17) is 4.74 Å². The number of nitrogens with one attached hydrogen (secondary N) is 2. The van der Waals surface area contributed by atoms with Gasteiger partial charge >= 0.3 is 0 Å². The van der Waals surface area contributed by atoms with Crippen LogP contribution in [-0.2, 0) is 17.8 Å². The predicted molar refractivity (Wildman–Crippen MR) is 131 cm³/mol. The molecule has 0 spiro atoms. The molecule has 0 radical (unpaired) electrons. The van der Waals surface area contributed by atoms with Crippen molar-refractivity contribution in [3.8, 4) is 0 Å².